The summed E-state index contributed by atoms with van der Waals surface area (Å²) in [7, 11) is 0. The molecule has 3 aliphatic rings. The Hall–Kier alpha value is -3.49. The third-order valence-corrected chi connectivity index (χ3v) is 9.65. The largest absolute Gasteiger partial charge is 0.465 e. The molecule has 3 fully saturated rings. The van der Waals surface area contributed by atoms with Crippen molar-refractivity contribution in [2.75, 3.05) is 24.7 Å². The van der Waals surface area contributed by atoms with E-state index in [0.717, 1.165) is 23.6 Å². The minimum atomic E-state index is -1.23. The second-order valence-corrected chi connectivity index (χ2v) is 12.2. The number of carbonyl (C=O) groups excluding carboxylic acids is 3. The highest BCUT2D eigenvalue weighted by molar-refractivity contribution is 6.05. The fourth-order valence-corrected chi connectivity index (χ4v) is 7.47. The van der Waals surface area contributed by atoms with Gasteiger partial charge in [-0.2, -0.15) is 0 Å². The van der Waals surface area contributed by atoms with Crippen LogP contribution >= 0.6 is 0 Å². The Bertz CT molecular complexity index is 1390. The highest BCUT2D eigenvalue weighted by Gasteiger charge is 2.80. The smallest absolute Gasteiger partial charge is 0.312 e. The number of aliphatic hydroxyl groups is 1. The zero-order valence-corrected chi connectivity index (χ0v) is 24.8. The van der Waals surface area contributed by atoms with Gasteiger partial charge in [0.15, 0.2) is 0 Å². The molecule has 0 radical (unpaired) electrons. The lowest BCUT2D eigenvalue weighted by Crippen LogP contribution is -2.58. The maximum atomic E-state index is 14.7. The first-order valence-electron chi connectivity index (χ1n) is 15.0. The Kier molecular flexibility index (Phi) is 8.32. The van der Waals surface area contributed by atoms with E-state index in [4.69, 9.17) is 9.47 Å². The Morgan fingerprint density at radius 2 is 1.93 bits per heavy atom. The summed E-state index contributed by atoms with van der Waals surface area (Å²) in [4.78, 5) is 45.8. The van der Waals surface area contributed by atoms with E-state index in [1.807, 2.05) is 62.4 Å². The first kappa shape index (κ1) is 30.0. The van der Waals surface area contributed by atoms with Gasteiger partial charge in [0.05, 0.1) is 30.8 Å². The van der Waals surface area contributed by atoms with Gasteiger partial charge in [-0.25, -0.2) is 0 Å². The molecule has 1 spiro atoms. The normalized spacial score (nSPS) is 30.3. The van der Waals surface area contributed by atoms with Gasteiger partial charge < -0.3 is 24.4 Å². The van der Waals surface area contributed by atoms with E-state index in [9.17, 15) is 19.5 Å². The molecule has 2 bridgehead atoms. The van der Waals surface area contributed by atoms with E-state index in [-0.39, 0.29) is 37.5 Å². The van der Waals surface area contributed by atoms with Gasteiger partial charge in [0, 0.05) is 12.2 Å². The fraction of sp³-hybridized carbons (Fsp3) is 0.500. The molecule has 0 saturated carbocycles. The van der Waals surface area contributed by atoms with Crippen molar-refractivity contribution in [3.05, 3.63) is 67.8 Å². The molecular formula is C34H42N2O6. The number of aliphatic hydroxyl groups excluding tert-OH is 1. The average Bonchev–Trinajstić information content (AvgIpc) is 3.51. The lowest BCUT2D eigenvalue weighted by molar-refractivity contribution is -0.162. The number of benzene rings is 2. The van der Waals surface area contributed by atoms with Crippen molar-refractivity contribution < 1.29 is 29.0 Å². The number of fused-ring (bicyclic) bond motifs is 2. The van der Waals surface area contributed by atoms with Gasteiger partial charge in [-0.3, -0.25) is 14.4 Å². The standard InChI is InChI=1S/C34H42N2O6/c1-6-8-9-12-18-41-32(40)28-27-30(38)36(23(4)21-37)29(34(27)20-22(3)33(28,5)42-34)31(39)35(17-7-2)26-16-15-24-13-10-11-14-25(24)19-26/h6-7,10-11,13-16,19,22-23,27-29,37H,1-2,8-9,12,17-18,20-21H2,3-5H3/t22?,23-,27+,28+,29?,33-,34?/m1/s1. The van der Waals surface area contributed by atoms with E-state index < -0.39 is 41.1 Å². The summed E-state index contributed by atoms with van der Waals surface area (Å²) in [5.41, 5.74) is -1.52. The van der Waals surface area contributed by atoms with Crippen LogP contribution in [0.4, 0.5) is 5.69 Å². The molecule has 1 N–H and O–H groups in total. The van der Waals surface area contributed by atoms with Crippen LogP contribution in [0.3, 0.4) is 0 Å². The molecule has 0 aromatic heterocycles. The van der Waals surface area contributed by atoms with Crippen molar-refractivity contribution >= 4 is 34.2 Å². The van der Waals surface area contributed by atoms with Gasteiger partial charge in [-0.05, 0) is 68.4 Å². The van der Waals surface area contributed by atoms with E-state index in [1.165, 1.54) is 4.90 Å². The number of esters is 1. The van der Waals surface area contributed by atoms with Crippen LogP contribution in [-0.2, 0) is 23.9 Å². The maximum Gasteiger partial charge on any atom is 0.312 e. The number of allylic oxidation sites excluding steroid dienone is 1. The lowest BCUT2D eigenvalue weighted by atomic mass is 9.62. The van der Waals surface area contributed by atoms with Crippen molar-refractivity contribution in [2.45, 2.75) is 69.7 Å². The summed E-state index contributed by atoms with van der Waals surface area (Å²) >= 11 is 0. The van der Waals surface area contributed by atoms with Gasteiger partial charge in [0.25, 0.3) is 5.91 Å². The number of hydrogen-bond acceptors (Lipinski definition) is 6. The first-order chi connectivity index (χ1) is 20.1. The monoisotopic (exact) mass is 574 g/mol. The van der Waals surface area contributed by atoms with Crippen LogP contribution in [0.1, 0.15) is 46.5 Å². The number of hydrogen-bond donors (Lipinski definition) is 1. The molecule has 3 saturated heterocycles. The highest BCUT2D eigenvalue weighted by atomic mass is 16.6. The summed E-state index contributed by atoms with van der Waals surface area (Å²) < 4.78 is 12.5. The molecule has 3 heterocycles. The zero-order chi connectivity index (χ0) is 30.2. The molecule has 2 aromatic rings. The van der Waals surface area contributed by atoms with E-state index >= 15 is 0 Å². The second kappa shape index (κ2) is 11.7. The number of ether oxygens (including phenoxy) is 2. The summed E-state index contributed by atoms with van der Waals surface area (Å²) in [5, 5.41) is 12.2. The van der Waals surface area contributed by atoms with Gasteiger partial charge in [0.2, 0.25) is 5.91 Å². The van der Waals surface area contributed by atoms with Crippen LogP contribution in [-0.4, -0.2) is 70.8 Å². The van der Waals surface area contributed by atoms with Crippen molar-refractivity contribution in [1.82, 2.24) is 4.90 Å². The Labute approximate surface area is 248 Å². The van der Waals surface area contributed by atoms with Crippen molar-refractivity contribution in [2.24, 2.45) is 17.8 Å². The summed E-state index contributed by atoms with van der Waals surface area (Å²) in [6, 6.07) is 12.0. The average molecular weight is 575 g/mol. The maximum absolute atomic E-state index is 14.7. The Morgan fingerprint density at radius 1 is 1.19 bits per heavy atom. The molecule has 2 amide bonds. The minimum absolute atomic E-state index is 0.104. The van der Waals surface area contributed by atoms with Gasteiger partial charge in [-0.1, -0.05) is 49.4 Å². The van der Waals surface area contributed by atoms with Crippen LogP contribution in [0.25, 0.3) is 10.8 Å². The van der Waals surface area contributed by atoms with Crippen LogP contribution < -0.4 is 4.90 Å². The van der Waals surface area contributed by atoms with Gasteiger partial charge in [0.1, 0.15) is 17.6 Å². The zero-order valence-electron chi connectivity index (χ0n) is 24.8. The molecule has 5 rings (SSSR count). The predicted octanol–water partition coefficient (Wildman–Crippen LogP) is 4.65. The van der Waals surface area contributed by atoms with E-state index in [1.54, 1.807) is 17.9 Å². The Balaban J connectivity index is 1.54. The molecule has 2 aromatic carbocycles. The van der Waals surface area contributed by atoms with Crippen LogP contribution in [0.15, 0.2) is 67.8 Å². The van der Waals surface area contributed by atoms with E-state index in [2.05, 4.69) is 13.2 Å². The predicted molar refractivity (Wildman–Crippen MR) is 162 cm³/mol. The van der Waals surface area contributed by atoms with Crippen molar-refractivity contribution in [3.8, 4) is 0 Å². The quantitative estimate of drug-likeness (QED) is 0.225. The van der Waals surface area contributed by atoms with Crippen molar-refractivity contribution in [1.29, 1.82) is 0 Å². The first-order valence-corrected chi connectivity index (χ1v) is 15.0. The number of unbranched alkanes of at least 4 members (excludes halogenated alkanes) is 2. The number of rotatable bonds is 12. The molecule has 3 aliphatic heterocycles. The van der Waals surface area contributed by atoms with E-state index in [0.29, 0.717) is 18.5 Å². The number of amides is 2. The molecule has 7 atom stereocenters. The van der Waals surface area contributed by atoms with Gasteiger partial charge in [-0.15, -0.1) is 13.2 Å². The highest BCUT2D eigenvalue weighted by Crippen LogP contribution is 2.65. The minimum Gasteiger partial charge on any atom is -0.465 e. The van der Waals surface area contributed by atoms with Gasteiger partial charge >= 0.3 is 5.97 Å². The molecule has 3 unspecified atom stereocenters. The molecule has 42 heavy (non-hydrogen) atoms. The SMILES string of the molecule is C=CCCCCOC(=O)[C@@H]1[C@H]2C(=O)N([C@H](C)CO)C(C(=O)N(CC=C)c3ccc4ccccc4c3)C23CC(C)[C@@]1(C)O3. The molecule has 8 heteroatoms. The molecule has 0 aliphatic carbocycles. The third kappa shape index (κ3) is 4.65. The summed E-state index contributed by atoms with van der Waals surface area (Å²) in [5.74, 6) is -2.98. The number of nitrogens with zero attached hydrogens (tertiary/aromatic N) is 2. The second-order valence-electron chi connectivity index (χ2n) is 12.2. The summed E-state index contributed by atoms with van der Waals surface area (Å²) in [6.45, 7) is 13.3. The molecule has 224 valence electrons. The van der Waals surface area contributed by atoms with Crippen LogP contribution in [0.5, 0.6) is 0 Å². The van der Waals surface area contributed by atoms with Crippen molar-refractivity contribution in [3.63, 3.8) is 0 Å². The third-order valence-electron chi connectivity index (χ3n) is 9.65. The number of likely N-dealkylation sites (tertiary alicyclic amines) is 1. The summed E-state index contributed by atoms with van der Waals surface area (Å²) in [6.07, 6.45) is 6.30. The molecular weight excluding hydrogens is 532 g/mol. The number of anilines is 1. The van der Waals surface area contributed by atoms with Crippen LogP contribution in [0, 0.1) is 17.8 Å². The lowest BCUT2D eigenvalue weighted by Gasteiger charge is -2.38. The number of carbonyl (C=O) groups is 3. The van der Waals surface area contributed by atoms with Crippen LogP contribution in [0.2, 0.25) is 0 Å². The fourth-order valence-electron chi connectivity index (χ4n) is 7.47. The molecule has 8 nitrogen and oxygen atoms in total. The Morgan fingerprint density at radius 3 is 2.62 bits per heavy atom. The topological polar surface area (TPSA) is 96.4 Å².